The van der Waals surface area contributed by atoms with Gasteiger partial charge in [-0.05, 0) is 255 Å². The minimum Gasteiger partial charge on any atom is -0.420 e. The van der Waals surface area contributed by atoms with Crippen LogP contribution in [0.1, 0.15) is 207 Å². The van der Waals surface area contributed by atoms with E-state index in [4.69, 9.17) is 0 Å². The molecule has 11 heteroatoms. The van der Waals surface area contributed by atoms with Crippen molar-refractivity contribution in [2.75, 3.05) is 0 Å². The van der Waals surface area contributed by atoms with Crippen LogP contribution in [0, 0.1) is 36.1 Å². The molecule has 0 amide bonds. The van der Waals surface area contributed by atoms with Gasteiger partial charge in [-0.3, -0.25) is 4.79 Å². The number of carbonyl (C=O) groups is 1. The van der Waals surface area contributed by atoms with Crippen LogP contribution in [0.15, 0.2) is 492 Å². The first-order valence-corrected chi connectivity index (χ1v) is 52.6. The Morgan fingerprint density at radius 1 is 0.200 bits per heavy atom. The number of hydrogen-bond donors (Lipinski definition) is 0. The highest BCUT2D eigenvalue weighted by atomic mass is 32.2. The van der Waals surface area contributed by atoms with Crippen molar-refractivity contribution in [3.63, 3.8) is 0 Å². The molecule has 140 heavy (non-hydrogen) atoms. The molecule has 0 unspecified atom stereocenters. The Kier molecular flexibility index (Phi) is 43.5. The second-order valence-corrected chi connectivity index (χ2v) is 49.9. The summed E-state index contributed by atoms with van der Waals surface area (Å²) in [4.78, 5) is 31.6. The molecule has 0 radical (unpaired) electrons. The number of rotatable bonds is 17. The summed E-state index contributed by atoms with van der Waals surface area (Å²) in [7, 11) is -0.283. The van der Waals surface area contributed by atoms with Crippen LogP contribution >= 0.6 is 0 Å². The van der Waals surface area contributed by atoms with Crippen molar-refractivity contribution >= 4 is 60.4 Å². The van der Waals surface area contributed by atoms with Crippen molar-refractivity contribution in [3.05, 3.63) is 481 Å². The number of benzene rings is 16. The van der Waals surface area contributed by atoms with E-state index in [2.05, 4.69) is 548 Å². The van der Waals surface area contributed by atoms with Crippen LogP contribution in [0.25, 0.3) is 0 Å². The Balaban J connectivity index is 0.000000231. The highest BCUT2D eigenvalue weighted by Gasteiger charge is 2.36. The zero-order valence-corrected chi connectivity index (χ0v) is 86.9. The lowest BCUT2D eigenvalue weighted by atomic mass is 9.87. The van der Waals surface area contributed by atoms with Crippen LogP contribution < -0.4 is 4.74 Å². The molecule has 0 saturated heterocycles. The van der Waals surface area contributed by atoms with E-state index in [1.807, 2.05) is 0 Å². The van der Waals surface area contributed by atoms with Gasteiger partial charge in [-0.1, -0.05) is 405 Å². The second kappa shape index (κ2) is 52.8. The van der Waals surface area contributed by atoms with Gasteiger partial charge < -0.3 is 4.74 Å². The molecule has 16 aromatic rings. The van der Waals surface area contributed by atoms with Gasteiger partial charge in [0.25, 0.3) is 0 Å². The lowest BCUT2D eigenvalue weighted by molar-refractivity contribution is -0.138. The number of halogens is 4. The Labute approximate surface area is 854 Å². The van der Waals surface area contributed by atoms with Crippen LogP contribution in [0.2, 0.25) is 0 Å². The van der Waals surface area contributed by atoms with Crippen LogP contribution in [0.3, 0.4) is 0 Å². The Bertz CT molecular complexity index is 5280. The van der Waals surface area contributed by atoms with E-state index in [0.29, 0.717) is 0 Å². The van der Waals surface area contributed by atoms with Crippen molar-refractivity contribution in [2.24, 2.45) is 5.92 Å². The standard InChI is InChI=1S/2C30H39S.3C18H15S.C11H10F4O2.4CH4/c2*1-28(2,3)22-10-16-25(17-11-22)31(26-18-12-23(13-19-26)29(4,5)6)27-20-14-24(15-21-27)30(7,8)9;3*1-4-10-16(11-5-1)19(17-12-6-2-7-13-17)18-14-8-3-9-15-18;1-4(2)11(16)17-10-8(14)6(12)5(3)7(13)9(10)15;;;;/h2*10-21H,1-9H3;3*1-15H;4H,1-3H3;4*1H4/q5*+1;;;;;. The maximum Gasteiger partial charge on any atom is 0.313 e. The van der Waals surface area contributed by atoms with E-state index in [1.165, 1.54) is 121 Å². The minimum atomic E-state index is -1.71. The smallest absolute Gasteiger partial charge is 0.313 e. The fourth-order valence-electron chi connectivity index (χ4n) is 14.6. The maximum absolute atomic E-state index is 13.3. The van der Waals surface area contributed by atoms with E-state index in [0.717, 1.165) is 6.92 Å². The third-order valence-electron chi connectivity index (χ3n) is 22.7. The normalized spacial score (nSPS) is 11.4. The average molecular weight is 1970 g/mol. The first-order chi connectivity index (χ1) is 64.6. The molecule has 0 aromatic heterocycles. The van der Waals surface area contributed by atoms with Crippen molar-refractivity contribution in [1.82, 2.24) is 0 Å². The summed E-state index contributed by atoms with van der Waals surface area (Å²) in [6.45, 7) is 44.7. The van der Waals surface area contributed by atoms with Crippen molar-refractivity contribution in [1.29, 1.82) is 0 Å². The van der Waals surface area contributed by atoms with E-state index in [1.54, 1.807) is 0 Å². The van der Waals surface area contributed by atoms with Gasteiger partial charge in [-0.2, -0.15) is 8.78 Å². The van der Waals surface area contributed by atoms with Crippen LogP contribution in [-0.2, 0) is 91.8 Å². The molecule has 0 atom stereocenters. The third-order valence-corrected chi connectivity index (χ3v) is 33.8. The minimum absolute atomic E-state index is 0. The molecular weight excluding hydrogens is 1820 g/mol. The number of esters is 1. The van der Waals surface area contributed by atoms with Gasteiger partial charge in [0.15, 0.2) is 85.1 Å². The average Bonchev–Trinajstić information content (AvgIpc) is 0.788. The lowest BCUT2D eigenvalue weighted by Crippen LogP contribution is -2.17. The van der Waals surface area contributed by atoms with Crippen molar-refractivity contribution in [3.8, 4) is 5.75 Å². The number of carbonyl (C=O) groups excluding carboxylic acids is 1. The highest BCUT2D eigenvalue weighted by Crippen LogP contribution is 2.41. The van der Waals surface area contributed by atoms with Gasteiger partial charge in [0.1, 0.15) is 0 Å². The molecule has 0 bridgehead atoms. The SMILES string of the molecule is C.C.C.C.CC(C)(C)c1ccc([S+](c2ccc(C(C)(C)C)cc2)c2ccc(C(C)(C)C)cc2)cc1.CC(C)(C)c1ccc([S+](c2ccc(C(C)(C)C)cc2)c2ccc(C(C)(C)C)cc2)cc1.Cc1c(F)c(F)c(OC(=O)C(C)C)c(F)c1F.c1ccc([S+](c2ccccc2)c2ccccc2)cc1.c1ccc([S+](c2ccccc2)c2ccccc2)cc1.c1ccc([S+](c2ccccc2)c2ccccc2)cc1. The first-order valence-electron chi connectivity index (χ1n) is 46.5. The maximum atomic E-state index is 13.3. The van der Waals surface area contributed by atoms with Crippen LogP contribution in [0.5, 0.6) is 5.75 Å². The van der Waals surface area contributed by atoms with Gasteiger partial charge in [-0.25, -0.2) is 8.78 Å². The monoisotopic (exact) mass is 1970 g/mol. The summed E-state index contributed by atoms with van der Waals surface area (Å²) in [5.41, 5.74) is 8.48. The van der Waals surface area contributed by atoms with Gasteiger partial charge >= 0.3 is 5.97 Å². The molecule has 0 aliphatic heterocycles. The largest absolute Gasteiger partial charge is 0.420 e. The summed E-state index contributed by atoms with van der Waals surface area (Å²) in [5.74, 6) is -9.58. The van der Waals surface area contributed by atoms with E-state index < -0.39 is 46.5 Å². The topological polar surface area (TPSA) is 26.3 Å². The Hall–Kier alpha value is -11.5. The molecule has 0 aliphatic rings. The summed E-state index contributed by atoms with van der Waals surface area (Å²) in [6.07, 6.45) is 0. The van der Waals surface area contributed by atoms with Crippen molar-refractivity contribution < 1.29 is 27.1 Å². The molecule has 0 spiro atoms. The van der Waals surface area contributed by atoms with E-state index >= 15 is 0 Å². The zero-order chi connectivity index (χ0) is 98.1. The fraction of sp³-hybridized carbons (Fsp3) is 0.248. The molecular formula is C129H149F4O2S5+5. The molecule has 0 aliphatic carbocycles. The molecule has 0 N–H and O–H groups in total. The molecule has 16 aromatic carbocycles. The van der Waals surface area contributed by atoms with Gasteiger partial charge in [0.05, 0.1) is 60.4 Å². The quantitative estimate of drug-likeness (QED) is 0.0299. The molecule has 0 saturated carbocycles. The first kappa shape index (κ1) is 115. The van der Waals surface area contributed by atoms with E-state index in [-0.39, 0.29) is 117 Å². The molecule has 730 valence electrons. The lowest BCUT2D eigenvalue weighted by Gasteiger charge is -2.21. The molecule has 2 nitrogen and oxygen atoms in total. The molecule has 16 rings (SSSR count). The fourth-order valence-corrected chi connectivity index (χ4v) is 25.0. The van der Waals surface area contributed by atoms with Gasteiger partial charge in [-0.15, -0.1) is 0 Å². The Morgan fingerprint density at radius 2 is 0.314 bits per heavy atom. The van der Waals surface area contributed by atoms with Gasteiger partial charge in [0.2, 0.25) is 17.4 Å². The van der Waals surface area contributed by atoms with E-state index in [9.17, 15) is 22.4 Å². The highest BCUT2D eigenvalue weighted by molar-refractivity contribution is 7.98. The third kappa shape index (κ3) is 32.2. The predicted octanol–water partition coefficient (Wildman–Crippen LogP) is 37.4. The number of hydrogen-bond acceptors (Lipinski definition) is 2. The summed E-state index contributed by atoms with van der Waals surface area (Å²) >= 11 is 0. The predicted molar refractivity (Wildman–Crippen MR) is 598 cm³/mol. The van der Waals surface area contributed by atoms with Crippen LogP contribution in [0.4, 0.5) is 17.6 Å². The Morgan fingerprint density at radius 3 is 0.421 bits per heavy atom. The van der Waals surface area contributed by atoms with Crippen molar-refractivity contribution in [2.45, 2.75) is 281 Å². The molecule has 0 heterocycles. The summed E-state index contributed by atoms with van der Waals surface area (Å²) < 4.78 is 57.0. The summed E-state index contributed by atoms with van der Waals surface area (Å²) in [5, 5.41) is 0. The number of ether oxygens (including phenoxy) is 1. The van der Waals surface area contributed by atoms with Crippen LogP contribution in [-0.4, -0.2) is 5.97 Å². The van der Waals surface area contributed by atoms with Gasteiger partial charge in [0, 0.05) is 5.56 Å². The molecule has 0 fully saturated rings. The second-order valence-electron chi connectivity index (χ2n) is 39.8. The summed E-state index contributed by atoms with van der Waals surface area (Å²) in [6, 6.07) is 152. The zero-order valence-electron chi connectivity index (χ0n) is 82.8.